The Kier molecular flexibility index (Phi) is 8.30. The number of esters is 1. The number of ether oxygens (including phenoxy) is 1. The maximum Gasteiger partial charge on any atom is 0.306 e. The minimum atomic E-state index is 0.0399. The van der Waals surface area contributed by atoms with E-state index >= 15 is 0 Å². The van der Waals surface area contributed by atoms with Crippen LogP contribution in [0.2, 0.25) is 0 Å². The molecule has 3 nitrogen and oxygen atoms in total. The van der Waals surface area contributed by atoms with Crippen molar-refractivity contribution >= 4 is 11.8 Å². The molecule has 4 aliphatic rings. The molecule has 0 aromatic carbocycles. The molecule has 0 amide bonds. The van der Waals surface area contributed by atoms with Gasteiger partial charge in [0.2, 0.25) is 0 Å². The van der Waals surface area contributed by atoms with Crippen LogP contribution in [-0.4, -0.2) is 17.9 Å². The molecule has 0 aliphatic heterocycles. The average Bonchev–Trinajstić information content (AvgIpc) is 3.16. The second kappa shape index (κ2) is 10.9. The van der Waals surface area contributed by atoms with Crippen LogP contribution < -0.4 is 0 Å². The number of fused-ring (bicyclic) bond motifs is 5. The van der Waals surface area contributed by atoms with Crippen LogP contribution in [0.25, 0.3) is 0 Å². The number of allylic oxidation sites excluding steroid dienone is 2. The van der Waals surface area contributed by atoms with E-state index in [9.17, 15) is 9.59 Å². The zero-order chi connectivity index (χ0) is 24.3. The van der Waals surface area contributed by atoms with E-state index in [0.717, 1.165) is 49.5 Å². The molecule has 0 aromatic rings. The van der Waals surface area contributed by atoms with Crippen molar-refractivity contribution in [2.24, 2.45) is 34.5 Å². The number of Topliss-reactive ketones (excluding diaryl/α,β-unsaturated/α-hetero) is 1. The first-order chi connectivity index (χ1) is 16.3. The van der Waals surface area contributed by atoms with Crippen molar-refractivity contribution < 1.29 is 14.3 Å². The van der Waals surface area contributed by atoms with Crippen molar-refractivity contribution in [3.63, 3.8) is 0 Å². The van der Waals surface area contributed by atoms with Crippen molar-refractivity contribution in [3.8, 4) is 0 Å². The lowest BCUT2D eigenvalue weighted by Gasteiger charge is -2.60. The highest BCUT2D eigenvalue weighted by Crippen LogP contribution is 2.66. The first-order valence-electron chi connectivity index (χ1n) is 14.7. The number of carbonyl (C=O) groups is 2. The molecule has 192 valence electrons. The molecule has 0 saturated heterocycles. The SMILES string of the molecule is CCCCCCCCCC(=O)OC1CC[C@]2(C)C3CC[C@]4(C)C(C(C)=O)=CCC4C3CC[C@H]2C1. The van der Waals surface area contributed by atoms with Gasteiger partial charge in [-0.3, -0.25) is 9.59 Å². The van der Waals surface area contributed by atoms with Gasteiger partial charge in [0, 0.05) is 6.42 Å². The van der Waals surface area contributed by atoms with Crippen LogP contribution >= 0.6 is 0 Å². The van der Waals surface area contributed by atoms with E-state index in [1.54, 1.807) is 6.92 Å². The number of hydrogen-bond donors (Lipinski definition) is 0. The van der Waals surface area contributed by atoms with Gasteiger partial charge in [-0.2, -0.15) is 0 Å². The minimum Gasteiger partial charge on any atom is -0.462 e. The van der Waals surface area contributed by atoms with Crippen molar-refractivity contribution in [1.82, 2.24) is 0 Å². The van der Waals surface area contributed by atoms with Crippen LogP contribution in [0.3, 0.4) is 0 Å². The van der Waals surface area contributed by atoms with Crippen LogP contribution in [-0.2, 0) is 14.3 Å². The quantitative estimate of drug-likeness (QED) is 0.239. The van der Waals surface area contributed by atoms with Crippen LogP contribution in [0, 0.1) is 34.5 Å². The fourth-order valence-corrected chi connectivity index (χ4v) is 8.91. The van der Waals surface area contributed by atoms with Gasteiger partial charge in [-0.1, -0.05) is 65.4 Å². The lowest BCUT2D eigenvalue weighted by molar-refractivity contribution is -0.161. The number of rotatable bonds is 10. The van der Waals surface area contributed by atoms with Crippen LogP contribution in [0.15, 0.2) is 11.6 Å². The third-order valence-electron chi connectivity index (χ3n) is 10.9. The molecular weight excluding hydrogens is 420 g/mol. The van der Waals surface area contributed by atoms with E-state index in [1.807, 2.05) is 0 Å². The van der Waals surface area contributed by atoms with E-state index in [-0.39, 0.29) is 17.5 Å². The maximum absolute atomic E-state index is 12.5. The van der Waals surface area contributed by atoms with Gasteiger partial charge >= 0.3 is 5.97 Å². The van der Waals surface area contributed by atoms with E-state index in [1.165, 1.54) is 64.2 Å². The molecule has 4 aliphatic carbocycles. The summed E-state index contributed by atoms with van der Waals surface area (Å²) < 4.78 is 6.01. The molecule has 4 unspecified atom stereocenters. The van der Waals surface area contributed by atoms with Crippen LogP contribution in [0.5, 0.6) is 0 Å². The number of carbonyl (C=O) groups excluding carboxylic acids is 2. The predicted octanol–water partition coefficient (Wildman–Crippen LogP) is 8.21. The predicted molar refractivity (Wildman–Crippen MR) is 138 cm³/mol. The Morgan fingerprint density at radius 3 is 2.41 bits per heavy atom. The van der Waals surface area contributed by atoms with E-state index < -0.39 is 0 Å². The molecular formula is C31H50O3. The molecule has 0 spiro atoms. The summed E-state index contributed by atoms with van der Waals surface area (Å²) in [6.07, 6.45) is 21.1. The summed E-state index contributed by atoms with van der Waals surface area (Å²) in [6.45, 7) is 8.95. The van der Waals surface area contributed by atoms with Crippen molar-refractivity contribution in [3.05, 3.63) is 11.6 Å². The largest absolute Gasteiger partial charge is 0.462 e. The normalized spacial score (nSPS) is 38.9. The molecule has 3 fully saturated rings. The number of hydrogen-bond acceptors (Lipinski definition) is 3. The fourth-order valence-electron chi connectivity index (χ4n) is 8.91. The third kappa shape index (κ3) is 5.05. The molecule has 4 rings (SSSR count). The van der Waals surface area contributed by atoms with Crippen molar-refractivity contribution in [2.75, 3.05) is 0 Å². The summed E-state index contributed by atoms with van der Waals surface area (Å²) >= 11 is 0. The molecule has 3 heteroatoms. The Bertz CT molecular complexity index is 769. The maximum atomic E-state index is 12.5. The second-order valence-electron chi connectivity index (χ2n) is 12.8. The number of ketones is 1. The van der Waals surface area contributed by atoms with Crippen molar-refractivity contribution in [1.29, 1.82) is 0 Å². The Labute approximate surface area is 208 Å². The molecule has 7 atom stereocenters. The number of unbranched alkanes of at least 4 members (excludes halogenated alkanes) is 6. The Balaban J connectivity index is 1.26. The molecule has 0 bridgehead atoms. The topological polar surface area (TPSA) is 43.4 Å². The van der Waals surface area contributed by atoms with Gasteiger partial charge in [0.05, 0.1) is 0 Å². The lowest BCUT2D eigenvalue weighted by atomic mass is 9.44. The minimum absolute atomic E-state index is 0.0399. The van der Waals surface area contributed by atoms with Crippen LogP contribution in [0.1, 0.15) is 130 Å². The molecule has 0 aromatic heterocycles. The molecule has 0 heterocycles. The van der Waals surface area contributed by atoms with E-state index in [2.05, 4.69) is 26.8 Å². The Morgan fingerprint density at radius 1 is 0.941 bits per heavy atom. The first kappa shape index (κ1) is 26.0. The Hall–Kier alpha value is -1.12. The summed E-state index contributed by atoms with van der Waals surface area (Å²) in [7, 11) is 0. The molecule has 0 radical (unpaired) electrons. The zero-order valence-electron chi connectivity index (χ0n) is 22.5. The average molecular weight is 471 g/mol. The molecule has 34 heavy (non-hydrogen) atoms. The Morgan fingerprint density at radius 2 is 1.68 bits per heavy atom. The summed E-state index contributed by atoms with van der Waals surface area (Å²) in [5.41, 5.74) is 1.61. The highest BCUT2D eigenvalue weighted by molar-refractivity contribution is 5.95. The van der Waals surface area contributed by atoms with E-state index in [4.69, 9.17) is 4.74 Å². The first-order valence-corrected chi connectivity index (χ1v) is 14.7. The third-order valence-corrected chi connectivity index (χ3v) is 10.9. The van der Waals surface area contributed by atoms with Crippen molar-refractivity contribution in [2.45, 2.75) is 137 Å². The standard InChI is InChI=1S/C31H50O3/c1-5-6-7-8-9-10-11-12-29(33)34-24-17-19-30(3)23(21-24)13-14-25-27-16-15-26(22(2)32)31(27,4)20-18-28(25)30/h15,23-25,27-28H,5-14,16-21H2,1-4H3/t23-,24?,25?,27?,28?,30-,31+/m0/s1. The second-order valence-corrected chi connectivity index (χ2v) is 12.8. The van der Waals surface area contributed by atoms with Gasteiger partial charge < -0.3 is 4.74 Å². The highest BCUT2D eigenvalue weighted by atomic mass is 16.5. The summed E-state index contributed by atoms with van der Waals surface area (Å²) in [6, 6.07) is 0. The van der Waals surface area contributed by atoms with Gasteiger partial charge in [-0.15, -0.1) is 0 Å². The van der Waals surface area contributed by atoms with Gasteiger partial charge in [0.1, 0.15) is 6.10 Å². The van der Waals surface area contributed by atoms with E-state index in [0.29, 0.717) is 29.5 Å². The highest BCUT2D eigenvalue weighted by Gasteiger charge is 2.59. The molecule has 3 saturated carbocycles. The fraction of sp³-hybridized carbons (Fsp3) is 0.871. The van der Waals surface area contributed by atoms with Gasteiger partial charge in [0.25, 0.3) is 0 Å². The van der Waals surface area contributed by atoms with Gasteiger partial charge in [-0.05, 0) is 105 Å². The van der Waals surface area contributed by atoms with Crippen LogP contribution in [0.4, 0.5) is 0 Å². The smallest absolute Gasteiger partial charge is 0.306 e. The molecule has 0 N–H and O–H groups in total. The summed E-state index contributed by atoms with van der Waals surface area (Å²) in [4.78, 5) is 24.8. The monoisotopic (exact) mass is 470 g/mol. The summed E-state index contributed by atoms with van der Waals surface area (Å²) in [5.74, 6) is 3.20. The lowest BCUT2D eigenvalue weighted by Crippen LogP contribution is -2.54. The zero-order valence-corrected chi connectivity index (χ0v) is 22.5. The summed E-state index contributed by atoms with van der Waals surface area (Å²) in [5, 5.41) is 0. The van der Waals surface area contributed by atoms with Gasteiger partial charge in [-0.25, -0.2) is 0 Å². The van der Waals surface area contributed by atoms with Gasteiger partial charge in [0.15, 0.2) is 5.78 Å².